The van der Waals surface area contributed by atoms with Crippen LogP contribution in [0.4, 0.5) is 0 Å². The van der Waals surface area contributed by atoms with Crippen molar-refractivity contribution in [2.45, 2.75) is 23.6 Å². The molecule has 0 aliphatic heterocycles. The normalized spacial score (nSPS) is 10.4. The molecule has 0 aliphatic carbocycles. The Kier molecular flexibility index (Phi) is 3.54. The molecule has 0 radical (unpaired) electrons. The number of hydrogen-bond acceptors (Lipinski definition) is 4. The van der Waals surface area contributed by atoms with Gasteiger partial charge in [0.1, 0.15) is 0 Å². The van der Waals surface area contributed by atoms with Crippen LogP contribution in [0.25, 0.3) is 0 Å². The fourth-order valence-electron chi connectivity index (χ4n) is 1.36. The Morgan fingerprint density at radius 3 is 2.62 bits per heavy atom. The fraction of sp³-hybridized carbons (Fsp3) is 0.167. The predicted molar refractivity (Wildman–Crippen MR) is 63.3 cm³/mol. The Morgan fingerprint density at radius 1 is 1.25 bits per heavy atom. The maximum Gasteiger partial charge on any atom is 0.192 e. The smallest absolute Gasteiger partial charge is 0.192 e. The highest BCUT2D eigenvalue weighted by Crippen LogP contribution is 2.27. The molecule has 0 saturated heterocycles. The highest BCUT2D eigenvalue weighted by atomic mass is 32.2. The SMILES string of the molecule is Cc1cc(CO)ccc1Sc1ncccn1. The van der Waals surface area contributed by atoms with Crippen LogP contribution < -0.4 is 0 Å². The quantitative estimate of drug-likeness (QED) is 0.826. The van der Waals surface area contributed by atoms with Crippen molar-refractivity contribution in [1.82, 2.24) is 9.97 Å². The zero-order valence-corrected chi connectivity index (χ0v) is 9.74. The number of hydrogen-bond donors (Lipinski definition) is 1. The summed E-state index contributed by atoms with van der Waals surface area (Å²) < 4.78 is 0. The van der Waals surface area contributed by atoms with Crippen LogP contribution in [-0.4, -0.2) is 15.1 Å². The molecule has 0 bridgehead atoms. The molecule has 0 aliphatic rings. The van der Waals surface area contributed by atoms with Gasteiger partial charge in [-0.1, -0.05) is 12.1 Å². The van der Waals surface area contributed by atoms with E-state index in [0.717, 1.165) is 21.2 Å². The molecule has 1 aromatic carbocycles. The molecular formula is C12H12N2OS. The molecule has 16 heavy (non-hydrogen) atoms. The van der Waals surface area contributed by atoms with Gasteiger partial charge in [0.15, 0.2) is 5.16 Å². The summed E-state index contributed by atoms with van der Waals surface area (Å²) in [6.45, 7) is 2.10. The molecule has 0 atom stereocenters. The summed E-state index contributed by atoms with van der Waals surface area (Å²) in [4.78, 5) is 9.43. The van der Waals surface area contributed by atoms with Gasteiger partial charge in [-0.15, -0.1) is 0 Å². The number of benzene rings is 1. The van der Waals surface area contributed by atoms with Crippen molar-refractivity contribution < 1.29 is 5.11 Å². The van der Waals surface area contributed by atoms with Gasteiger partial charge in [-0.2, -0.15) is 0 Å². The second-order valence-electron chi connectivity index (χ2n) is 3.39. The molecule has 0 amide bonds. The van der Waals surface area contributed by atoms with E-state index in [2.05, 4.69) is 9.97 Å². The van der Waals surface area contributed by atoms with E-state index < -0.39 is 0 Å². The van der Waals surface area contributed by atoms with E-state index in [0.29, 0.717) is 0 Å². The van der Waals surface area contributed by atoms with E-state index in [1.54, 1.807) is 18.5 Å². The second kappa shape index (κ2) is 5.09. The van der Waals surface area contributed by atoms with Gasteiger partial charge in [0, 0.05) is 17.3 Å². The number of nitrogens with zero attached hydrogens (tertiary/aromatic N) is 2. The first-order chi connectivity index (χ1) is 7.79. The minimum Gasteiger partial charge on any atom is -0.392 e. The van der Waals surface area contributed by atoms with E-state index in [1.807, 2.05) is 25.1 Å². The standard InChI is InChI=1S/C12H12N2OS/c1-9-7-10(8-15)3-4-11(9)16-12-13-5-2-6-14-12/h2-7,15H,8H2,1H3. The summed E-state index contributed by atoms with van der Waals surface area (Å²) in [5.74, 6) is 0. The third-order valence-corrected chi connectivity index (χ3v) is 3.24. The summed E-state index contributed by atoms with van der Waals surface area (Å²) in [5, 5.41) is 9.75. The molecule has 2 rings (SSSR count). The van der Waals surface area contributed by atoms with Crippen LogP contribution in [0.1, 0.15) is 11.1 Å². The molecule has 0 unspecified atom stereocenters. The minimum atomic E-state index is 0.0770. The molecule has 82 valence electrons. The van der Waals surface area contributed by atoms with Crippen LogP contribution in [0.3, 0.4) is 0 Å². The molecule has 1 heterocycles. The highest BCUT2D eigenvalue weighted by molar-refractivity contribution is 7.99. The predicted octanol–water partition coefficient (Wildman–Crippen LogP) is 2.43. The Labute approximate surface area is 98.6 Å². The minimum absolute atomic E-state index is 0.0770. The van der Waals surface area contributed by atoms with Crippen molar-refractivity contribution in [3.8, 4) is 0 Å². The van der Waals surface area contributed by atoms with Gasteiger partial charge in [0.2, 0.25) is 0 Å². The molecule has 0 spiro atoms. The third kappa shape index (κ3) is 2.59. The first-order valence-electron chi connectivity index (χ1n) is 4.95. The van der Waals surface area contributed by atoms with Crippen LogP contribution in [0.15, 0.2) is 46.7 Å². The molecular weight excluding hydrogens is 220 g/mol. The van der Waals surface area contributed by atoms with E-state index in [-0.39, 0.29) is 6.61 Å². The molecule has 2 aromatic rings. The van der Waals surface area contributed by atoms with Crippen molar-refractivity contribution >= 4 is 11.8 Å². The highest BCUT2D eigenvalue weighted by Gasteiger charge is 2.03. The van der Waals surface area contributed by atoms with Gasteiger partial charge in [-0.05, 0) is 41.9 Å². The monoisotopic (exact) mass is 232 g/mol. The summed E-state index contributed by atoms with van der Waals surface area (Å²) >= 11 is 1.53. The molecule has 0 saturated carbocycles. The average Bonchev–Trinajstić information content (AvgIpc) is 2.33. The van der Waals surface area contributed by atoms with E-state index in [4.69, 9.17) is 5.11 Å². The lowest BCUT2D eigenvalue weighted by Crippen LogP contribution is -1.88. The van der Waals surface area contributed by atoms with Crippen molar-refractivity contribution in [2.24, 2.45) is 0 Å². The lowest BCUT2D eigenvalue weighted by Gasteiger charge is -2.05. The Balaban J connectivity index is 2.22. The fourth-order valence-corrected chi connectivity index (χ4v) is 2.14. The van der Waals surface area contributed by atoms with Crippen molar-refractivity contribution in [3.63, 3.8) is 0 Å². The number of aryl methyl sites for hydroxylation is 1. The summed E-state index contributed by atoms with van der Waals surface area (Å²) in [6, 6.07) is 7.68. The van der Waals surface area contributed by atoms with Crippen LogP contribution >= 0.6 is 11.8 Å². The second-order valence-corrected chi connectivity index (χ2v) is 4.40. The van der Waals surface area contributed by atoms with Crippen LogP contribution in [0.5, 0.6) is 0 Å². The molecule has 0 fully saturated rings. The van der Waals surface area contributed by atoms with E-state index in [1.165, 1.54) is 11.8 Å². The van der Waals surface area contributed by atoms with Gasteiger partial charge in [-0.25, -0.2) is 9.97 Å². The van der Waals surface area contributed by atoms with Gasteiger partial charge in [-0.3, -0.25) is 0 Å². The molecule has 3 nitrogen and oxygen atoms in total. The van der Waals surface area contributed by atoms with Crippen molar-refractivity contribution in [3.05, 3.63) is 47.8 Å². The molecule has 1 N–H and O–H groups in total. The van der Waals surface area contributed by atoms with Crippen LogP contribution in [0.2, 0.25) is 0 Å². The van der Waals surface area contributed by atoms with Crippen molar-refractivity contribution in [2.75, 3.05) is 0 Å². The van der Waals surface area contributed by atoms with E-state index in [9.17, 15) is 0 Å². The third-order valence-electron chi connectivity index (χ3n) is 2.17. The summed E-state index contributed by atoms with van der Waals surface area (Å²) in [7, 11) is 0. The lowest BCUT2D eigenvalue weighted by molar-refractivity contribution is 0.281. The van der Waals surface area contributed by atoms with Gasteiger partial charge in [0.25, 0.3) is 0 Å². The lowest BCUT2D eigenvalue weighted by atomic mass is 10.1. The van der Waals surface area contributed by atoms with Gasteiger partial charge in [0.05, 0.1) is 6.61 Å². The Bertz CT molecular complexity index is 474. The maximum atomic E-state index is 9.01. The number of rotatable bonds is 3. The Morgan fingerprint density at radius 2 is 2.00 bits per heavy atom. The largest absolute Gasteiger partial charge is 0.392 e. The summed E-state index contributed by atoms with van der Waals surface area (Å²) in [6.07, 6.45) is 3.46. The molecule has 1 aromatic heterocycles. The number of aliphatic hydroxyl groups excluding tert-OH is 1. The zero-order valence-electron chi connectivity index (χ0n) is 8.92. The van der Waals surface area contributed by atoms with Crippen LogP contribution in [-0.2, 0) is 6.61 Å². The first kappa shape index (κ1) is 11.1. The van der Waals surface area contributed by atoms with Gasteiger partial charge >= 0.3 is 0 Å². The summed E-state index contributed by atoms with van der Waals surface area (Å²) in [5.41, 5.74) is 2.06. The van der Waals surface area contributed by atoms with E-state index >= 15 is 0 Å². The van der Waals surface area contributed by atoms with Crippen LogP contribution in [0, 0.1) is 6.92 Å². The average molecular weight is 232 g/mol. The first-order valence-corrected chi connectivity index (χ1v) is 5.76. The molecule has 4 heteroatoms. The van der Waals surface area contributed by atoms with Crippen molar-refractivity contribution in [1.29, 1.82) is 0 Å². The number of aliphatic hydroxyl groups is 1. The zero-order chi connectivity index (χ0) is 11.4. The van der Waals surface area contributed by atoms with Gasteiger partial charge < -0.3 is 5.11 Å². The topological polar surface area (TPSA) is 46.0 Å². The Hall–Kier alpha value is -1.39. The maximum absolute atomic E-state index is 9.01. The number of aromatic nitrogens is 2.